The minimum absolute atomic E-state index is 0.0278. The molecule has 1 heterocycles. The molecule has 23 heavy (non-hydrogen) atoms. The van der Waals surface area contributed by atoms with Gasteiger partial charge in [-0.2, -0.15) is 26.3 Å². The summed E-state index contributed by atoms with van der Waals surface area (Å²) in [5.41, 5.74) is -0.413. The molecule has 0 unspecified atom stereocenters. The van der Waals surface area contributed by atoms with Crippen LogP contribution in [0.3, 0.4) is 0 Å². The van der Waals surface area contributed by atoms with Crippen molar-refractivity contribution in [2.45, 2.75) is 19.3 Å². The molecule has 0 saturated carbocycles. The third kappa shape index (κ3) is 5.05. The number of aryl methyl sites for hydroxylation is 1. The normalized spacial score (nSPS) is 12.3. The molecule has 0 N–H and O–H groups in total. The molecular formula is C14H10F6O2S. The van der Waals surface area contributed by atoms with Crippen molar-refractivity contribution in [3.63, 3.8) is 0 Å². The van der Waals surface area contributed by atoms with Crippen molar-refractivity contribution >= 4 is 11.3 Å². The third-order valence-corrected chi connectivity index (χ3v) is 3.49. The smallest absolute Gasteiger partial charge is 0.422 e. The fraction of sp³-hybridized carbons (Fsp3) is 0.286. The van der Waals surface area contributed by atoms with E-state index in [4.69, 9.17) is 4.74 Å². The Kier molecular flexibility index (Phi) is 4.79. The molecule has 0 aliphatic carbocycles. The Morgan fingerprint density at radius 1 is 1.04 bits per heavy atom. The van der Waals surface area contributed by atoms with Gasteiger partial charge in [-0.25, -0.2) is 0 Å². The molecule has 0 atom stereocenters. The molecule has 0 bridgehead atoms. The van der Waals surface area contributed by atoms with Crippen molar-refractivity contribution in [1.29, 1.82) is 0 Å². The molecule has 2 aromatic rings. The number of benzene rings is 1. The standard InChI is InChI=1S/C14H10F6O2S/c1-8-2-3-9(14(18,19)20)4-11(8)22-10-5-12(23-6-10)21-7-13(15,16)17/h2-6H,7H2,1H3. The maximum atomic E-state index is 12.7. The van der Waals surface area contributed by atoms with Gasteiger partial charge in [-0.05, 0) is 24.6 Å². The van der Waals surface area contributed by atoms with Gasteiger partial charge in [0, 0.05) is 11.4 Å². The molecule has 2 nitrogen and oxygen atoms in total. The minimum Gasteiger partial charge on any atom is -0.474 e. The quantitative estimate of drug-likeness (QED) is 0.644. The summed E-state index contributed by atoms with van der Waals surface area (Å²) in [5, 5.41) is 1.31. The van der Waals surface area contributed by atoms with Crippen LogP contribution in [0.5, 0.6) is 16.6 Å². The number of thiophene rings is 1. The maximum absolute atomic E-state index is 12.7. The first-order valence-electron chi connectivity index (χ1n) is 6.18. The number of ether oxygens (including phenoxy) is 2. The molecule has 2 rings (SSSR count). The highest BCUT2D eigenvalue weighted by molar-refractivity contribution is 7.12. The third-order valence-electron chi connectivity index (χ3n) is 2.67. The van der Waals surface area contributed by atoms with E-state index < -0.39 is 24.5 Å². The van der Waals surface area contributed by atoms with Gasteiger partial charge < -0.3 is 9.47 Å². The Hall–Kier alpha value is -1.90. The van der Waals surface area contributed by atoms with E-state index in [1.165, 1.54) is 17.5 Å². The number of alkyl halides is 6. The first kappa shape index (κ1) is 17.5. The largest absolute Gasteiger partial charge is 0.474 e. The summed E-state index contributed by atoms with van der Waals surface area (Å²) in [6.45, 7) is 0.110. The van der Waals surface area contributed by atoms with E-state index in [9.17, 15) is 26.3 Å². The van der Waals surface area contributed by atoms with E-state index in [1.807, 2.05) is 0 Å². The van der Waals surface area contributed by atoms with Crippen LogP contribution >= 0.6 is 11.3 Å². The second kappa shape index (κ2) is 6.31. The second-order valence-electron chi connectivity index (χ2n) is 4.59. The van der Waals surface area contributed by atoms with E-state index in [1.54, 1.807) is 6.92 Å². The van der Waals surface area contributed by atoms with Gasteiger partial charge in [0.15, 0.2) is 11.7 Å². The average Bonchev–Trinajstić information content (AvgIpc) is 2.85. The van der Waals surface area contributed by atoms with Crippen molar-refractivity contribution in [2.75, 3.05) is 6.61 Å². The Morgan fingerprint density at radius 2 is 1.74 bits per heavy atom. The predicted octanol–water partition coefficient (Wildman–Crippen LogP) is 5.81. The molecule has 126 valence electrons. The summed E-state index contributed by atoms with van der Waals surface area (Å²) in [6, 6.07) is 4.21. The summed E-state index contributed by atoms with van der Waals surface area (Å²) < 4.78 is 84.0. The summed E-state index contributed by atoms with van der Waals surface area (Å²) in [5.74, 6) is 0.0783. The van der Waals surface area contributed by atoms with Gasteiger partial charge in [0.1, 0.15) is 11.5 Å². The molecule has 0 saturated heterocycles. The minimum atomic E-state index is -4.51. The van der Waals surface area contributed by atoms with E-state index >= 15 is 0 Å². The van der Waals surface area contributed by atoms with Crippen LogP contribution in [-0.4, -0.2) is 12.8 Å². The van der Waals surface area contributed by atoms with E-state index in [0.29, 0.717) is 5.56 Å². The van der Waals surface area contributed by atoms with Crippen LogP contribution in [-0.2, 0) is 6.18 Å². The van der Waals surface area contributed by atoms with E-state index in [-0.39, 0.29) is 16.6 Å². The van der Waals surface area contributed by atoms with Crippen LogP contribution < -0.4 is 9.47 Å². The molecule has 9 heteroatoms. The molecule has 0 fully saturated rings. The van der Waals surface area contributed by atoms with Crippen molar-refractivity contribution in [2.24, 2.45) is 0 Å². The van der Waals surface area contributed by atoms with Crippen molar-refractivity contribution in [1.82, 2.24) is 0 Å². The lowest BCUT2D eigenvalue weighted by Gasteiger charge is -2.11. The van der Waals surface area contributed by atoms with Crippen LogP contribution in [0.4, 0.5) is 26.3 Å². The summed E-state index contributed by atoms with van der Waals surface area (Å²) in [4.78, 5) is 0. The SMILES string of the molecule is Cc1ccc(C(F)(F)F)cc1Oc1csc(OCC(F)(F)F)c1. The summed E-state index contributed by atoms with van der Waals surface area (Å²) >= 11 is 0.856. The van der Waals surface area contributed by atoms with E-state index in [2.05, 4.69) is 4.74 Å². The van der Waals surface area contributed by atoms with Crippen LogP contribution in [0.1, 0.15) is 11.1 Å². The van der Waals surface area contributed by atoms with Crippen LogP contribution in [0, 0.1) is 6.92 Å². The van der Waals surface area contributed by atoms with Crippen molar-refractivity contribution < 1.29 is 35.8 Å². The lowest BCUT2D eigenvalue weighted by Crippen LogP contribution is -2.18. The molecule has 0 radical (unpaired) electrons. The van der Waals surface area contributed by atoms with E-state index in [0.717, 1.165) is 23.5 Å². The molecule has 0 spiro atoms. The summed E-state index contributed by atoms with van der Waals surface area (Å²) in [7, 11) is 0. The Balaban J connectivity index is 2.12. The molecule has 0 aliphatic rings. The molecule has 0 aliphatic heterocycles. The van der Waals surface area contributed by atoms with Crippen LogP contribution in [0.15, 0.2) is 29.6 Å². The second-order valence-corrected chi connectivity index (χ2v) is 5.46. The van der Waals surface area contributed by atoms with Crippen molar-refractivity contribution in [3.8, 4) is 16.6 Å². The van der Waals surface area contributed by atoms with Gasteiger partial charge in [0.25, 0.3) is 0 Å². The summed E-state index contributed by atoms with van der Waals surface area (Å²) in [6.07, 6.45) is -8.98. The molecule has 1 aromatic carbocycles. The van der Waals surface area contributed by atoms with Crippen LogP contribution in [0.25, 0.3) is 0 Å². The Bertz CT molecular complexity index is 675. The average molecular weight is 356 g/mol. The molecule has 0 amide bonds. The monoisotopic (exact) mass is 356 g/mol. The molecular weight excluding hydrogens is 346 g/mol. The number of hydrogen-bond acceptors (Lipinski definition) is 3. The molecule has 1 aromatic heterocycles. The lowest BCUT2D eigenvalue weighted by atomic mass is 10.1. The fourth-order valence-corrected chi connectivity index (χ4v) is 2.26. The highest BCUT2D eigenvalue weighted by atomic mass is 32.1. The zero-order valence-corrected chi connectivity index (χ0v) is 12.4. The lowest BCUT2D eigenvalue weighted by molar-refractivity contribution is -0.152. The fourth-order valence-electron chi connectivity index (χ4n) is 1.60. The maximum Gasteiger partial charge on any atom is 0.422 e. The predicted molar refractivity (Wildman–Crippen MR) is 72.1 cm³/mol. The van der Waals surface area contributed by atoms with Gasteiger partial charge >= 0.3 is 12.4 Å². The topological polar surface area (TPSA) is 18.5 Å². The van der Waals surface area contributed by atoms with Crippen LogP contribution in [0.2, 0.25) is 0 Å². The number of hydrogen-bond donors (Lipinski definition) is 0. The number of rotatable bonds is 4. The van der Waals surface area contributed by atoms with Gasteiger partial charge in [-0.15, -0.1) is 11.3 Å². The van der Waals surface area contributed by atoms with Gasteiger partial charge in [-0.1, -0.05) is 6.07 Å². The van der Waals surface area contributed by atoms with Gasteiger partial charge in [-0.3, -0.25) is 0 Å². The zero-order chi connectivity index (χ0) is 17.3. The highest BCUT2D eigenvalue weighted by Gasteiger charge is 2.31. The zero-order valence-electron chi connectivity index (χ0n) is 11.6. The van der Waals surface area contributed by atoms with Gasteiger partial charge in [0.05, 0.1) is 5.56 Å². The van der Waals surface area contributed by atoms with Gasteiger partial charge in [0.2, 0.25) is 0 Å². The Labute approximate surface area is 131 Å². The highest BCUT2D eigenvalue weighted by Crippen LogP contribution is 2.37. The first-order chi connectivity index (χ1) is 10.5. The first-order valence-corrected chi connectivity index (χ1v) is 7.06. The number of halogens is 6. The Morgan fingerprint density at radius 3 is 2.35 bits per heavy atom. The van der Waals surface area contributed by atoms with Crippen molar-refractivity contribution in [3.05, 3.63) is 40.8 Å².